The number of hydrogen-bond acceptors (Lipinski definition) is 6. The van der Waals surface area contributed by atoms with E-state index in [0.717, 1.165) is 16.0 Å². The first-order chi connectivity index (χ1) is 12.5. The Morgan fingerprint density at radius 1 is 1.19 bits per heavy atom. The summed E-state index contributed by atoms with van der Waals surface area (Å²) in [5.41, 5.74) is 2.26. The Morgan fingerprint density at radius 3 is 2.62 bits per heavy atom. The quantitative estimate of drug-likeness (QED) is 0.434. The van der Waals surface area contributed by atoms with Gasteiger partial charge in [-0.2, -0.15) is 0 Å². The van der Waals surface area contributed by atoms with Crippen LogP contribution in [0.5, 0.6) is 0 Å². The SMILES string of the molecule is CSc1ccc(Cl)c(C(=O)OC(C)c2nnc(-c3ccc(C)cc3)o2)c1. The fraction of sp³-hybridized carbons (Fsp3) is 0.211. The molecule has 3 aromatic rings. The highest BCUT2D eigenvalue weighted by Crippen LogP contribution is 2.27. The first-order valence-corrected chi connectivity index (χ1v) is 9.53. The molecule has 5 nitrogen and oxygen atoms in total. The molecule has 0 amide bonds. The van der Waals surface area contributed by atoms with Gasteiger partial charge >= 0.3 is 5.97 Å². The molecular weight excluding hydrogens is 372 g/mol. The van der Waals surface area contributed by atoms with Gasteiger partial charge in [0.15, 0.2) is 6.10 Å². The predicted molar refractivity (Wildman–Crippen MR) is 102 cm³/mol. The molecule has 7 heteroatoms. The second-order valence-electron chi connectivity index (χ2n) is 5.70. The molecule has 0 fully saturated rings. The van der Waals surface area contributed by atoms with Crippen molar-refractivity contribution in [1.82, 2.24) is 10.2 Å². The van der Waals surface area contributed by atoms with Crippen LogP contribution in [0.1, 0.15) is 34.8 Å². The van der Waals surface area contributed by atoms with Crippen molar-refractivity contribution in [2.45, 2.75) is 24.8 Å². The van der Waals surface area contributed by atoms with E-state index in [2.05, 4.69) is 10.2 Å². The minimum absolute atomic E-state index is 0.228. The summed E-state index contributed by atoms with van der Waals surface area (Å²) in [7, 11) is 0. The van der Waals surface area contributed by atoms with Gasteiger partial charge in [-0.15, -0.1) is 22.0 Å². The zero-order valence-electron chi connectivity index (χ0n) is 14.5. The van der Waals surface area contributed by atoms with E-state index < -0.39 is 12.1 Å². The number of hydrogen-bond donors (Lipinski definition) is 0. The smallest absolute Gasteiger partial charge is 0.340 e. The lowest BCUT2D eigenvalue weighted by Gasteiger charge is -2.11. The second-order valence-corrected chi connectivity index (χ2v) is 6.99. The molecule has 26 heavy (non-hydrogen) atoms. The van der Waals surface area contributed by atoms with Crippen LogP contribution in [0.3, 0.4) is 0 Å². The third-order valence-corrected chi connectivity index (χ3v) is 4.82. The van der Waals surface area contributed by atoms with Crippen molar-refractivity contribution in [2.75, 3.05) is 6.26 Å². The average molecular weight is 389 g/mol. The van der Waals surface area contributed by atoms with Crippen LogP contribution in [0.25, 0.3) is 11.5 Å². The summed E-state index contributed by atoms with van der Waals surface area (Å²) in [6, 6.07) is 12.9. The van der Waals surface area contributed by atoms with Gasteiger partial charge < -0.3 is 9.15 Å². The molecule has 1 atom stereocenters. The molecule has 0 saturated carbocycles. The maximum Gasteiger partial charge on any atom is 0.340 e. The molecule has 0 N–H and O–H groups in total. The van der Waals surface area contributed by atoms with Gasteiger partial charge in [-0.3, -0.25) is 0 Å². The maximum absolute atomic E-state index is 12.4. The summed E-state index contributed by atoms with van der Waals surface area (Å²) in [6.45, 7) is 3.68. The number of esters is 1. The van der Waals surface area contributed by atoms with Crippen molar-refractivity contribution in [1.29, 1.82) is 0 Å². The zero-order chi connectivity index (χ0) is 18.7. The van der Waals surface area contributed by atoms with E-state index in [1.54, 1.807) is 19.1 Å². The number of ether oxygens (including phenoxy) is 1. The van der Waals surface area contributed by atoms with Crippen molar-refractivity contribution < 1.29 is 13.9 Å². The van der Waals surface area contributed by atoms with Crippen molar-refractivity contribution in [2.24, 2.45) is 0 Å². The predicted octanol–water partition coefficient (Wildman–Crippen LogP) is 5.34. The highest BCUT2D eigenvalue weighted by atomic mass is 35.5. The molecule has 0 aliphatic rings. The largest absolute Gasteiger partial charge is 0.449 e. The number of benzene rings is 2. The Labute approximate surface area is 160 Å². The number of halogens is 1. The van der Waals surface area contributed by atoms with Crippen molar-refractivity contribution in [3.05, 3.63) is 64.5 Å². The molecule has 1 unspecified atom stereocenters. The van der Waals surface area contributed by atoms with Crippen LogP contribution in [-0.4, -0.2) is 22.4 Å². The monoisotopic (exact) mass is 388 g/mol. The minimum atomic E-state index is -0.691. The number of thioether (sulfide) groups is 1. The van der Waals surface area contributed by atoms with Crippen molar-refractivity contribution >= 4 is 29.3 Å². The van der Waals surface area contributed by atoms with E-state index >= 15 is 0 Å². The molecule has 0 radical (unpaired) electrons. The highest BCUT2D eigenvalue weighted by Gasteiger charge is 2.21. The Morgan fingerprint density at radius 2 is 1.92 bits per heavy atom. The van der Waals surface area contributed by atoms with Crippen LogP contribution in [0, 0.1) is 6.92 Å². The zero-order valence-corrected chi connectivity index (χ0v) is 16.1. The van der Waals surface area contributed by atoms with Crippen LogP contribution in [0.4, 0.5) is 0 Å². The van der Waals surface area contributed by atoms with E-state index in [4.69, 9.17) is 20.8 Å². The van der Waals surface area contributed by atoms with Gasteiger partial charge in [0.05, 0.1) is 10.6 Å². The number of aromatic nitrogens is 2. The first-order valence-electron chi connectivity index (χ1n) is 7.93. The number of rotatable bonds is 5. The van der Waals surface area contributed by atoms with E-state index in [1.165, 1.54) is 11.8 Å². The highest BCUT2D eigenvalue weighted by molar-refractivity contribution is 7.98. The molecule has 1 aromatic heterocycles. The lowest BCUT2D eigenvalue weighted by atomic mass is 10.1. The molecule has 0 bridgehead atoms. The molecule has 1 heterocycles. The van der Waals surface area contributed by atoms with Crippen LogP contribution in [-0.2, 0) is 4.74 Å². The summed E-state index contributed by atoms with van der Waals surface area (Å²) in [6.07, 6.45) is 1.23. The minimum Gasteiger partial charge on any atom is -0.449 e. The molecule has 134 valence electrons. The second kappa shape index (κ2) is 7.93. The third-order valence-electron chi connectivity index (χ3n) is 3.76. The fourth-order valence-corrected chi connectivity index (χ4v) is 2.91. The summed E-state index contributed by atoms with van der Waals surface area (Å²) in [5, 5.41) is 8.35. The summed E-state index contributed by atoms with van der Waals surface area (Å²) < 4.78 is 11.1. The van der Waals surface area contributed by atoms with Gasteiger partial charge in [0.25, 0.3) is 5.89 Å². The van der Waals surface area contributed by atoms with E-state index in [-0.39, 0.29) is 5.89 Å². The van der Waals surface area contributed by atoms with Crippen LogP contribution in [0.15, 0.2) is 51.8 Å². The van der Waals surface area contributed by atoms with Crippen LogP contribution < -0.4 is 0 Å². The summed E-state index contributed by atoms with van der Waals surface area (Å²) in [4.78, 5) is 13.4. The van der Waals surface area contributed by atoms with Crippen molar-refractivity contribution in [3.63, 3.8) is 0 Å². The molecule has 0 aliphatic heterocycles. The van der Waals surface area contributed by atoms with Crippen LogP contribution >= 0.6 is 23.4 Å². The number of aryl methyl sites for hydroxylation is 1. The molecule has 0 saturated heterocycles. The van der Waals surface area contributed by atoms with Gasteiger partial charge in [-0.25, -0.2) is 4.79 Å². The maximum atomic E-state index is 12.4. The van der Waals surface area contributed by atoms with Gasteiger partial charge in [0.2, 0.25) is 5.89 Å². The Balaban J connectivity index is 1.75. The lowest BCUT2D eigenvalue weighted by Crippen LogP contribution is -2.10. The average Bonchev–Trinajstić information content (AvgIpc) is 3.13. The Kier molecular flexibility index (Phi) is 5.64. The number of nitrogens with zero attached hydrogens (tertiary/aromatic N) is 2. The molecule has 3 rings (SSSR count). The van der Waals surface area contributed by atoms with E-state index in [9.17, 15) is 4.79 Å². The number of carbonyl (C=O) groups is 1. The number of carbonyl (C=O) groups excluding carboxylic acids is 1. The summed E-state index contributed by atoms with van der Waals surface area (Å²) in [5.74, 6) is 0.0740. The summed E-state index contributed by atoms with van der Waals surface area (Å²) >= 11 is 7.63. The fourth-order valence-electron chi connectivity index (χ4n) is 2.27. The standard InChI is InChI=1S/C19H17ClN2O3S/c1-11-4-6-13(7-5-11)18-22-21-17(25-18)12(2)24-19(23)15-10-14(26-3)8-9-16(15)20/h4-10,12H,1-3H3. The van der Waals surface area contributed by atoms with Crippen molar-refractivity contribution in [3.8, 4) is 11.5 Å². The molecule has 0 aliphatic carbocycles. The van der Waals surface area contributed by atoms with E-state index in [1.807, 2.05) is 43.5 Å². The third kappa shape index (κ3) is 4.08. The van der Waals surface area contributed by atoms with Gasteiger partial charge in [0.1, 0.15) is 0 Å². The topological polar surface area (TPSA) is 65.2 Å². The van der Waals surface area contributed by atoms with Gasteiger partial charge in [-0.05, 0) is 50.4 Å². The molecule has 2 aromatic carbocycles. The van der Waals surface area contributed by atoms with Crippen LogP contribution in [0.2, 0.25) is 5.02 Å². The Hall–Kier alpha value is -2.31. The van der Waals surface area contributed by atoms with E-state index in [0.29, 0.717) is 16.5 Å². The van der Waals surface area contributed by atoms with Gasteiger partial charge in [-0.1, -0.05) is 29.3 Å². The normalized spacial score (nSPS) is 12.0. The molecular formula is C19H17ClN2O3S. The lowest BCUT2D eigenvalue weighted by molar-refractivity contribution is 0.0280. The Bertz CT molecular complexity index is 925. The first kappa shape index (κ1) is 18.5. The van der Waals surface area contributed by atoms with Gasteiger partial charge in [0, 0.05) is 10.5 Å². The molecule has 0 spiro atoms.